The van der Waals surface area contributed by atoms with Crippen molar-refractivity contribution in [2.75, 3.05) is 0 Å². The van der Waals surface area contributed by atoms with E-state index in [0.717, 1.165) is 0 Å². The van der Waals surface area contributed by atoms with Crippen LogP contribution >= 0.6 is 22.6 Å². The highest BCUT2D eigenvalue weighted by atomic mass is 127. The maximum atomic E-state index is 6.03. The van der Waals surface area contributed by atoms with E-state index in [1.165, 1.54) is 44.9 Å². The predicted molar refractivity (Wildman–Crippen MR) is 53.3 cm³/mol. The highest BCUT2D eigenvalue weighted by Crippen LogP contribution is 2.29. The zero-order chi connectivity index (χ0) is 7.45. The van der Waals surface area contributed by atoms with Gasteiger partial charge in [-0.25, -0.2) is 0 Å². The van der Waals surface area contributed by atoms with Crippen molar-refractivity contribution in [2.45, 2.75) is 48.5 Å². The van der Waals surface area contributed by atoms with E-state index in [-0.39, 0.29) is 3.55 Å². The van der Waals surface area contributed by atoms with Gasteiger partial charge in [0.2, 0.25) is 0 Å². The quantitative estimate of drug-likeness (QED) is 0.401. The van der Waals surface area contributed by atoms with Crippen molar-refractivity contribution in [2.24, 2.45) is 5.73 Å². The SMILES string of the molecule is NC1(I)CCCCCCC1. The molecule has 2 heteroatoms. The number of halogens is 1. The maximum Gasteiger partial charge on any atom is 0.0680 e. The van der Waals surface area contributed by atoms with Gasteiger partial charge in [-0.2, -0.15) is 0 Å². The Bertz CT molecular complexity index is 91.4. The van der Waals surface area contributed by atoms with Crippen LogP contribution in [0.15, 0.2) is 0 Å². The molecule has 0 aromatic heterocycles. The second-order valence-electron chi connectivity index (χ2n) is 3.30. The average molecular weight is 253 g/mol. The first-order valence-electron chi connectivity index (χ1n) is 4.18. The predicted octanol–water partition coefficient (Wildman–Crippen LogP) is 2.82. The summed E-state index contributed by atoms with van der Waals surface area (Å²) in [6, 6.07) is 0. The van der Waals surface area contributed by atoms with E-state index in [0.29, 0.717) is 0 Å². The number of nitrogens with two attached hydrogens (primary N) is 1. The standard InChI is InChI=1S/C8H16IN/c9-8(10)6-4-2-1-3-5-7-8/h1-7,10H2. The van der Waals surface area contributed by atoms with Gasteiger partial charge in [-0.3, -0.25) is 0 Å². The van der Waals surface area contributed by atoms with Crippen LogP contribution in [0.2, 0.25) is 0 Å². The Kier molecular flexibility index (Phi) is 3.43. The zero-order valence-electron chi connectivity index (χ0n) is 6.41. The van der Waals surface area contributed by atoms with E-state index in [9.17, 15) is 0 Å². The van der Waals surface area contributed by atoms with E-state index < -0.39 is 0 Å². The van der Waals surface area contributed by atoms with Gasteiger partial charge in [-0.05, 0) is 12.8 Å². The summed E-state index contributed by atoms with van der Waals surface area (Å²) in [5.74, 6) is 0. The van der Waals surface area contributed by atoms with E-state index >= 15 is 0 Å². The molecule has 0 aromatic carbocycles. The number of hydrogen-bond acceptors (Lipinski definition) is 1. The molecule has 0 amide bonds. The highest BCUT2D eigenvalue weighted by molar-refractivity contribution is 14.1. The first-order chi connectivity index (χ1) is 4.71. The first-order valence-corrected chi connectivity index (χ1v) is 5.26. The number of hydrogen-bond donors (Lipinski definition) is 1. The lowest BCUT2D eigenvalue weighted by Gasteiger charge is -2.24. The second kappa shape index (κ2) is 3.90. The van der Waals surface area contributed by atoms with E-state index in [4.69, 9.17) is 5.73 Å². The topological polar surface area (TPSA) is 26.0 Å². The van der Waals surface area contributed by atoms with Crippen molar-refractivity contribution in [1.29, 1.82) is 0 Å². The lowest BCUT2D eigenvalue weighted by molar-refractivity contribution is 0.439. The zero-order valence-corrected chi connectivity index (χ0v) is 8.56. The van der Waals surface area contributed by atoms with Gasteiger partial charge in [0.25, 0.3) is 0 Å². The van der Waals surface area contributed by atoms with Crippen LogP contribution in [0.4, 0.5) is 0 Å². The molecule has 0 atom stereocenters. The summed E-state index contributed by atoms with van der Waals surface area (Å²) in [4.78, 5) is 0. The Morgan fingerprint density at radius 3 is 1.80 bits per heavy atom. The molecule has 0 aliphatic heterocycles. The molecule has 1 saturated carbocycles. The van der Waals surface area contributed by atoms with Crippen molar-refractivity contribution < 1.29 is 0 Å². The normalized spacial score (nSPS) is 27.0. The van der Waals surface area contributed by atoms with Crippen LogP contribution in [0.3, 0.4) is 0 Å². The molecule has 0 heterocycles. The summed E-state index contributed by atoms with van der Waals surface area (Å²) in [5, 5.41) is 0. The van der Waals surface area contributed by atoms with Crippen molar-refractivity contribution in [3.05, 3.63) is 0 Å². The fourth-order valence-corrected chi connectivity index (χ4v) is 2.26. The third kappa shape index (κ3) is 3.19. The Morgan fingerprint density at radius 2 is 1.30 bits per heavy atom. The van der Waals surface area contributed by atoms with Crippen LogP contribution in [0, 0.1) is 0 Å². The summed E-state index contributed by atoms with van der Waals surface area (Å²) >= 11 is 2.41. The summed E-state index contributed by atoms with van der Waals surface area (Å²) in [7, 11) is 0. The largest absolute Gasteiger partial charge is 0.317 e. The van der Waals surface area contributed by atoms with E-state index in [1.54, 1.807) is 0 Å². The molecule has 0 spiro atoms. The van der Waals surface area contributed by atoms with Gasteiger partial charge in [0.15, 0.2) is 0 Å². The molecule has 0 radical (unpaired) electrons. The molecule has 0 saturated heterocycles. The van der Waals surface area contributed by atoms with Crippen molar-refractivity contribution in [3.8, 4) is 0 Å². The minimum Gasteiger partial charge on any atom is -0.317 e. The molecule has 0 aromatic rings. The van der Waals surface area contributed by atoms with Gasteiger partial charge in [-0.1, -0.05) is 54.7 Å². The summed E-state index contributed by atoms with van der Waals surface area (Å²) < 4.78 is 0.123. The molecule has 10 heavy (non-hydrogen) atoms. The highest BCUT2D eigenvalue weighted by Gasteiger charge is 2.20. The molecular formula is C8H16IN. The minimum absolute atomic E-state index is 0.123. The molecule has 1 aliphatic rings. The van der Waals surface area contributed by atoms with E-state index in [1.807, 2.05) is 0 Å². The minimum atomic E-state index is 0.123. The second-order valence-corrected chi connectivity index (χ2v) is 5.45. The van der Waals surface area contributed by atoms with Crippen LogP contribution in [0.25, 0.3) is 0 Å². The Labute approximate surface area is 76.9 Å². The lowest BCUT2D eigenvalue weighted by Crippen LogP contribution is -2.32. The monoisotopic (exact) mass is 253 g/mol. The molecular weight excluding hydrogens is 237 g/mol. The molecule has 1 fully saturated rings. The Morgan fingerprint density at radius 1 is 0.900 bits per heavy atom. The lowest BCUT2D eigenvalue weighted by atomic mass is 9.97. The van der Waals surface area contributed by atoms with Crippen LogP contribution in [-0.2, 0) is 0 Å². The number of rotatable bonds is 0. The van der Waals surface area contributed by atoms with Crippen LogP contribution in [0.5, 0.6) is 0 Å². The molecule has 2 N–H and O–H groups in total. The summed E-state index contributed by atoms with van der Waals surface area (Å²) in [5.41, 5.74) is 6.03. The molecule has 0 unspecified atom stereocenters. The molecule has 1 aliphatic carbocycles. The fraction of sp³-hybridized carbons (Fsp3) is 1.00. The Balaban J connectivity index is 2.30. The first kappa shape index (κ1) is 8.78. The average Bonchev–Trinajstić information content (AvgIpc) is 1.81. The van der Waals surface area contributed by atoms with Gasteiger partial charge in [0.05, 0.1) is 3.55 Å². The van der Waals surface area contributed by atoms with E-state index in [2.05, 4.69) is 22.6 Å². The fourth-order valence-electron chi connectivity index (χ4n) is 1.49. The van der Waals surface area contributed by atoms with Gasteiger partial charge in [-0.15, -0.1) is 0 Å². The summed E-state index contributed by atoms with van der Waals surface area (Å²) in [6.07, 6.45) is 9.30. The molecule has 0 bridgehead atoms. The third-order valence-corrected chi connectivity index (χ3v) is 3.26. The van der Waals surface area contributed by atoms with Crippen molar-refractivity contribution in [3.63, 3.8) is 0 Å². The van der Waals surface area contributed by atoms with Gasteiger partial charge in [0.1, 0.15) is 0 Å². The van der Waals surface area contributed by atoms with Crippen LogP contribution < -0.4 is 5.73 Å². The molecule has 1 rings (SSSR count). The third-order valence-electron chi connectivity index (χ3n) is 2.18. The van der Waals surface area contributed by atoms with Crippen LogP contribution in [0.1, 0.15) is 44.9 Å². The Hall–Kier alpha value is 0.690. The molecule has 60 valence electrons. The van der Waals surface area contributed by atoms with Crippen molar-refractivity contribution >= 4 is 22.6 Å². The van der Waals surface area contributed by atoms with Crippen LogP contribution in [-0.4, -0.2) is 3.55 Å². The van der Waals surface area contributed by atoms with Gasteiger partial charge < -0.3 is 5.73 Å². The maximum absolute atomic E-state index is 6.03. The van der Waals surface area contributed by atoms with Gasteiger partial charge in [0, 0.05) is 0 Å². The number of alkyl halides is 1. The molecule has 1 nitrogen and oxygen atoms in total. The van der Waals surface area contributed by atoms with Crippen molar-refractivity contribution in [1.82, 2.24) is 0 Å². The smallest absolute Gasteiger partial charge is 0.0680 e. The summed E-state index contributed by atoms with van der Waals surface area (Å²) in [6.45, 7) is 0. The van der Waals surface area contributed by atoms with Gasteiger partial charge >= 0.3 is 0 Å².